The van der Waals surface area contributed by atoms with E-state index >= 15 is 0 Å². The van der Waals surface area contributed by atoms with E-state index < -0.39 is 0 Å². The second kappa shape index (κ2) is 5.80. The third-order valence-electron chi connectivity index (χ3n) is 3.84. The molecule has 3 nitrogen and oxygen atoms in total. The Balaban J connectivity index is 1.74. The van der Waals surface area contributed by atoms with E-state index in [2.05, 4.69) is 11.5 Å². The molecular weight excluding hydrogens is 200 g/mol. The van der Waals surface area contributed by atoms with Crippen molar-refractivity contribution in [1.82, 2.24) is 4.90 Å². The fraction of sp³-hybridized carbons (Fsp3) is 0.846. The fourth-order valence-electron chi connectivity index (χ4n) is 2.79. The highest BCUT2D eigenvalue weighted by atomic mass is 16.5. The number of fused-ring (bicyclic) bond motifs is 1. The van der Waals surface area contributed by atoms with Gasteiger partial charge in [-0.1, -0.05) is 6.08 Å². The predicted octanol–water partition coefficient (Wildman–Crippen LogP) is 1.53. The van der Waals surface area contributed by atoms with Gasteiger partial charge in [0.2, 0.25) is 0 Å². The van der Waals surface area contributed by atoms with Gasteiger partial charge in [-0.05, 0) is 38.6 Å². The maximum absolute atomic E-state index is 6.19. The van der Waals surface area contributed by atoms with Crippen LogP contribution in [0, 0.1) is 0 Å². The Morgan fingerprint density at radius 3 is 3.25 bits per heavy atom. The normalized spacial score (nSPS) is 32.3. The molecular formula is C13H24N2O. The highest BCUT2D eigenvalue weighted by molar-refractivity contribution is 4.89. The van der Waals surface area contributed by atoms with Crippen LogP contribution in [0.5, 0.6) is 0 Å². The molecule has 2 saturated heterocycles. The Morgan fingerprint density at radius 1 is 1.56 bits per heavy atom. The van der Waals surface area contributed by atoms with Crippen LogP contribution in [0.3, 0.4) is 0 Å². The molecule has 3 unspecified atom stereocenters. The van der Waals surface area contributed by atoms with E-state index in [4.69, 9.17) is 10.5 Å². The van der Waals surface area contributed by atoms with Crippen LogP contribution in [0.4, 0.5) is 0 Å². The molecule has 2 aliphatic heterocycles. The van der Waals surface area contributed by atoms with Crippen LogP contribution < -0.4 is 5.73 Å². The zero-order valence-corrected chi connectivity index (χ0v) is 10.1. The first-order valence-electron chi connectivity index (χ1n) is 6.53. The Bertz CT molecular complexity index is 232. The number of rotatable bonds is 5. The smallest absolute Gasteiger partial charge is 0.0853 e. The molecule has 2 N–H and O–H groups in total. The fourth-order valence-corrected chi connectivity index (χ4v) is 2.79. The molecule has 0 aromatic carbocycles. The minimum absolute atomic E-state index is 0.196. The number of allylic oxidation sites excluding steroid dienone is 1. The van der Waals surface area contributed by atoms with E-state index in [1.807, 2.05) is 6.08 Å². The second-order valence-corrected chi connectivity index (χ2v) is 5.05. The van der Waals surface area contributed by atoms with Crippen molar-refractivity contribution in [1.29, 1.82) is 0 Å². The van der Waals surface area contributed by atoms with Gasteiger partial charge in [0, 0.05) is 18.6 Å². The number of morpholine rings is 1. The number of nitrogens with zero attached hydrogens (tertiary/aromatic N) is 1. The average molecular weight is 224 g/mol. The van der Waals surface area contributed by atoms with Gasteiger partial charge in [-0.2, -0.15) is 0 Å². The standard InChI is InChI=1S/C13H24N2O/c1-2-3-4-7-12(14)13-9-15-8-5-6-11(15)10-16-13/h2,11-13H,1,3-10,14H2. The number of hydrogen-bond acceptors (Lipinski definition) is 3. The highest BCUT2D eigenvalue weighted by Crippen LogP contribution is 2.24. The lowest BCUT2D eigenvalue weighted by Crippen LogP contribution is -2.52. The maximum Gasteiger partial charge on any atom is 0.0853 e. The first-order chi connectivity index (χ1) is 7.81. The maximum atomic E-state index is 6.19. The zero-order chi connectivity index (χ0) is 11.4. The third-order valence-corrected chi connectivity index (χ3v) is 3.84. The Labute approximate surface area is 98.6 Å². The van der Waals surface area contributed by atoms with Crippen molar-refractivity contribution in [3.63, 3.8) is 0 Å². The number of nitrogens with two attached hydrogens (primary N) is 1. The largest absolute Gasteiger partial charge is 0.374 e. The van der Waals surface area contributed by atoms with Crippen LogP contribution in [-0.4, -0.2) is 42.8 Å². The molecule has 0 radical (unpaired) electrons. The minimum atomic E-state index is 0.196. The van der Waals surface area contributed by atoms with Crippen molar-refractivity contribution >= 4 is 0 Å². The van der Waals surface area contributed by atoms with Crippen molar-refractivity contribution in [2.75, 3.05) is 19.7 Å². The van der Waals surface area contributed by atoms with Crippen molar-refractivity contribution in [2.45, 2.75) is 50.3 Å². The average Bonchev–Trinajstić information content (AvgIpc) is 2.76. The molecule has 0 bridgehead atoms. The van der Waals surface area contributed by atoms with Gasteiger partial charge in [0.25, 0.3) is 0 Å². The molecule has 3 atom stereocenters. The Hall–Kier alpha value is -0.380. The molecule has 0 aliphatic carbocycles. The van der Waals surface area contributed by atoms with Gasteiger partial charge in [0.1, 0.15) is 0 Å². The summed E-state index contributed by atoms with van der Waals surface area (Å²) in [5.74, 6) is 0. The molecule has 2 aliphatic rings. The molecule has 92 valence electrons. The van der Waals surface area contributed by atoms with Gasteiger partial charge in [-0.25, -0.2) is 0 Å². The van der Waals surface area contributed by atoms with Crippen LogP contribution in [0.25, 0.3) is 0 Å². The van der Waals surface area contributed by atoms with Gasteiger partial charge in [-0.15, -0.1) is 6.58 Å². The summed E-state index contributed by atoms with van der Waals surface area (Å²) < 4.78 is 5.89. The van der Waals surface area contributed by atoms with Crippen LogP contribution in [0.15, 0.2) is 12.7 Å². The monoisotopic (exact) mass is 224 g/mol. The SMILES string of the molecule is C=CCCCC(N)C1CN2CCCC2CO1. The quantitative estimate of drug-likeness (QED) is 0.568. The van der Waals surface area contributed by atoms with Crippen molar-refractivity contribution in [3.05, 3.63) is 12.7 Å². The summed E-state index contributed by atoms with van der Waals surface area (Å²) in [4.78, 5) is 2.56. The summed E-state index contributed by atoms with van der Waals surface area (Å²) in [6.07, 6.45) is 8.09. The summed E-state index contributed by atoms with van der Waals surface area (Å²) >= 11 is 0. The van der Waals surface area contributed by atoms with Gasteiger partial charge in [0.15, 0.2) is 0 Å². The van der Waals surface area contributed by atoms with Crippen LogP contribution in [0.1, 0.15) is 32.1 Å². The van der Waals surface area contributed by atoms with Gasteiger partial charge in [-0.3, -0.25) is 4.90 Å². The number of ether oxygens (including phenoxy) is 1. The molecule has 0 amide bonds. The predicted molar refractivity (Wildman–Crippen MR) is 66.4 cm³/mol. The summed E-state index contributed by atoms with van der Waals surface area (Å²) in [6, 6.07) is 0.873. The van der Waals surface area contributed by atoms with E-state index in [1.54, 1.807) is 0 Å². The lowest BCUT2D eigenvalue weighted by Gasteiger charge is -2.37. The summed E-state index contributed by atoms with van der Waals surface area (Å²) in [5.41, 5.74) is 6.19. The van der Waals surface area contributed by atoms with Gasteiger partial charge >= 0.3 is 0 Å². The molecule has 2 rings (SSSR count). The molecule has 0 aromatic heterocycles. The van der Waals surface area contributed by atoms with Gasteiger partial charge in [0.05, 0.1) is 12.7 Å². The van der Waals surface area contributed by atoms with E-state index in [0.29, 0.717) is 6.04 Å². The topological polar surface area (TPSA) is 38.5 Å². The molecule has 3 heteroatoms. The van der Waals surface area contributed by atoms with Crippen LogP contribution >= 0.6 is 0 Å². The zero-order valence-electron chi connectivity index (χ0n) is 10.1. The highest BCUT2D eigenvalue weighted by Gasteiger charge is 2.34. The minimum Gasteiger partial charge on any atom is -0.374 e. The summed E-state index contributed by atoms with van der Waals surface area (Å²) in [6.45, 7) is 6.90. The molecule has 0 spiro atoms. The molecule has 0 aromatic rings. The van der Waals surface area contributed by atoms with Crippen LogP contribution in [-0.2, 0) is 4.74 Å². The molecule has 16 heavy (non-hydrogen) atoms. The van der Waals surface area contributed by atoms with E-state index in [9.17, 15) is 0 Å². The van der Waals surface area contributed by atoms with E-state index in [0.717, 1.165) is 32.4 Å². The van der Waals surface area contributed by atoms with E-state index in [1.165, 1.54) is 19.4 Å². The molecule has 2 fully saturated rings. The molecule has 0 saturated carbocycles. The molecule has 2 heterocycles. The third kappa shape index (κ3) is 2.84. The lowest BCUT2D eigenvalue weighted by atomic mass is 10.0. The lowest BCUT2D eigenvalue weighted by molar-refractivity contribution is -0.0602. The first-order valence-corrected chi connectivity index (χ1v) is 6.53. The Morgan fingerprint density at radius 2 is 2.44 bits per heavy atom. The second-order valence-electron chi connectivity index (χ2n) is 5.05. The van der Waals surface area contributed by atoms with Crippen LogP contribution in [0.2, 0.25) is 0 Å². The Kier molecular flexibility index (Phi) is 4.38. The first kappa shape index (κ1) is 12.1. The van der Waals surface area contributed by atoms with Crippen molar-refractivity contribution < 1.29 is 4.74 Å². The van der Waals surface area contributed by atoms with Crippen molar-refractivity contribution in [2.24, 2.45) is 5.73 Å². The summed E-state index contributed by atoms with van der Waals surface area (Å²) in [5, 5.41) is 0. The van der Waals surface area contributed by atoms with Crippen molar-refractivity contribution in [3.8, 4) is 0 Å². The van der Waals surface area contributed by atoms with Gasteiger partial charge < -0.3 is 10.5 Å². The summed E-state index contributed by atoms with van der Waals surface area (Å²) in [7, 11) is 0. The van der Waals surface area contributed by atoms with E-state index in [-0.39, 0.29) is 12.1 Å². The number of hydrogen-bond donors (Lipinski definition) is 1. The number of unbranched alkanes of at least 4 members (excludes halogenated alkanes) is 1.